The fraction of sp³-hybridized carbons (Fsp3) is 0.211. The molecule has 0 spiro atoms. The van der Waals surface area contributed by atoms with Gasteiger partial charge in [-0.2, -0.15) is 0 Å². The van der Waals surface area contributed by atoms with Gasteiger partial charge in [-0.1, -0.05) is 12.1 Å². The van der Waals surface area contributed by atoms with Crippen molar-refractivity contribution in [2.24, 2.45) is 0 Å². The molecule has 0 atom stereocenters. The molecule has 0 aliphatic carbocycles. The average molecular weight is 328 g/mol. The minimum atomic E-state index is -0.385. The highest BCUT2D eigenvalue weighted by molar-refractivity contribution is 5.71. The van der Waals surface area contributed by atoms with Crippen LogP contribution < -0.4 is 18.9 Å². The summed E-state index contributed by atoms with van der Waals surface area (Å²) in [5.41, 5.74) is 0.918. The lowest BCUT2D eigenvalue weighted by molar-refractivity contribution is -0.132. The van der Waals surface area contributed by atoms with Gasteiger partial charge in [-0.05, 0) is 48.0 Å². The average Bonchev–Trinajstić information content (AvgIpc) is 2.59. The Labute approximate surface area is 141 Å². The molecule has 0 radical (unpaired) electrons. The van der Waals surface area contributed by atoms with E-state index < -0.39 is 0 Å². The van der Waals surface area contributed by atoms with Crippen LogP contribution in [0.4, 0.5) is 0 Å². The first-order chi connectivity index (χ1) is 11.6. The third-order valence-corrected chi connectivity index (χ3v) is 3.16. The first-order valence-electron chi connectivity index (χ1n) is 7.42. The van der Waals surface area contributed by atoms with E-state index in [1.165, 1.54) is 14.0 Å². The van der Waals surface area contributed by atoms with E-state index in [4.69, 9.17) is 18.9 Å². The lowest BCUT2D eigenvalue weighted by Crippen LogP contribution is -2.03. The number of benzene rings is 2. The Kier molecular flexibility index (Phi) is 6.25. The fourth-order valence-corrected chi connectivity index (χ4v) is 2.03. The van der Waals surface area contributed by atoms with Crippen molar-refractivity contribution in [2.75, 3.05) is 20.8 Å². The molecular weight excluding hydrogens is 308 g/mol. The zero-order valence-electron chi connectivity index (χ0n) is 13.9. The maximum atomic E-state index is 11.0. The minimum Gasteiger partial charge on any atom is -0.497 e. The maximum Gasteiger partial charge on any atom is 0.308 e. The molecule has 0 aliphatic heterocycles. The molecule has 5 heteroatoms. The highest BCUT2D eigenvalue weighted by Crippen LogP contribution is 2.28. The van der Waals surface area contributed by atoms with E-state index >= 15 is 0 Å². The number of esters is 1. The van der Waals surface area contributed by atoms with Crippen molar-refractivity contribution in [1.29, 1.82) is 0 Å². The molecule has 0 heterocycles. The topological polar surface area (TPSA) is 54.0 Å². The molecule has 0 amide bonds. The number of rotatable bonds is 7. The molecule has 0 aromatic heterocycles. The summed E-state index contributed by atoms with van der Waals surface area (Å²) in [6.07, 6.45) is 3.80. The molecule has 0 N–H and O–H groups in total. The van der Waals surface area contributed by atoms with Gasteiger partial charge in [-0.3, -0.25) is 4.79 Å². The summed E-state index contributed by atoms with van der Waals surface area (Å²) < 4.78 is 21.0. The van der Waals surface area contributed by atoms with Crippen LogP contribution in [0.2, 0.25) is 0 Å². The van der Waals surface area contributed by atoms with Crippen LogP contribution in [-0.2, 0) is 4.79 Å². The zero-order chi connectivity index (χ0) is 17.4. The van der Waals surface area contributed by atoms with Crippen molar-refractivity contribution < 1.29 is 23.7 Å². The molecule has 0 unspecified atom stereocenters. The van der Waals surface area contributed by atoms with Crippen molar-refractivity contribution in [3.05, 3.63) is 54.1 Å². The molecule has 2 aromatic carbocycles. The largest absolute Gasteiger partial charge is 0.497 e. The van der Waals surface area contributed by atoms with Gasteiger partial charge in [-0.25, -0.2) is 0 Å². The van der Waals surface area contributed by atoms with Gasteiger partial charge in [0.25, 0.3) is 0 Å². The van der Waals surface area contributed by atoms with Gasteiger partial charge in [-0.15, -0.1) is 0 Å². The fourth-order valence-electron chi connectivity index (χ4n) is 2.03. The number of hydrogen-bond acceptors (Lipinski definition) is 5. The van der Waals surface area contributed by atoms with E-state index in [9.17, 15) is 4.79 Å². The summed E-state index contributed by atoms with van der Waals surface area (Å²) in [5, 5.41) is 0. The van der Waals surface area contributed by atoms with Crippen LogP contribution in [0.3, 0.4) is 0 Å². The van der Waals surface area contributed by atoms with Crippen LogP contribution in [0.5, 0.6) is 23.0 Å². The molecule has 5 nitrogen and oxygen atoms in total. The quantitative estimate of drug-likeness (QED) is 0.573. The summed E-state index contributed by atoms with van der Waals surface area (Å²) in [6, 6.07) is 12.7. The normalized spacial score (nSPS) is 10.5. The van der Waals surface area contributed by atoms with Crippen molar-refractivity contribution >= 4 is 12.0 Å². The van der Waals surface area contributed by atoms with Crippen molar-refractivity contribution in [1.82, 2.24) is 0 Å². The van der Waals surface area contributed by atoms with E-state index in [2.05, 4.69) is 0 Å². The molecule has 2 aromatic rings. The Balaban J connectivity index is 1.94. The molecular formula is C19H20O5. The highest BCUT2D eigenvalue weighted by Gasteiger charge is 2.06. The number of methoxy groups -OCH3 is 2. The van der Waals surface area contributed by atoms with Crippen LogP contribution in [0.15, 0.2) is 48.5 Å². The van der Waals surface area contributed by atoms with Crippen LogP contribution in [0, 0.1) is 0 Å². The molecule has 0 fully saturated rings. The van der Waals surface area contributed by atoms with Gasteiger partial charge in [0.2, 0.25) is 0 Å². The van der Waals surface area contributed by atoms with Gasteiger partial charge in [0.05, 0.1) is 14.2 Å². The van der Waals surface area contributed by atoms with E-state index in [0.717, 1.165) is 17.1 Å². The van der Waals surface area contributed by atoms with Gasteiger partial charge in [0.15, 0.2) is 11.5 Å². The standard InChI is InChI=1S/C19H20O5/c1-14(20)24-18-11-6-15(13-19(18)22-3)5-4-12-23-17-9-7-16(21-2)8-10-17/h4-11,13H,12H2,1-3H3/b5-4+. The number of ether oxygens (including phenoxy) is 4. The van der Waals surface area contributed by atoms with Crippen LogP contribution >= 0.6 is 0 Å². The second-order valence-corrected chi connectivity index (χ2v) is 4.89. The summed E-state index contributed by atoms with van der Waals surface area (Å²) in [7, 11) is 3.15. The minimum absolute atomic E-state index is 0.385. The lowest BCUT2D eigenvalue weighted by atomic mass is 10.2. The second kappa shape index (κ2) is 8.62. The number of carbonyl (C=O) groups is 1. The van der Waals surface area contributed by atoms with Gasteiger partial charge < -0.3 is 18.9 Å². The summed E-state index contributed by atoms with van der Waals surface area (Å²) in [4.78, 5) is 11.0. The first kappa shape index (κ1) is 17.4. The van der Waals surface area contributed by atoms with E-state index in [1.54, 1.807) is 19.2 Å². The number of carbonyl (C=O) groups excluding carboxylic acids is 1. The Morgan fingerprint density at radius 3 is 2.29 bits per heavy atom. The second-order valence-electron chi connectivity index (χ2n) is 4.89. The Morgan fingerprint density at radius 2 is 1.67 bits per heavy atom. The van der Waals surface area contributed by atoms with Crippen LogP contribution in [-0.4, -0.2) is 26.8 Å². The molecule has 2 rings (SSSR count). The van der Waals surface area contributed by atoms with Gasteiger partial charge in [0.1, 0.15) is 18.1 Å². The molecule has 0 saturated heterocycles. The van der Waals surface area contributed by atoms with Crippen LogP contribution in [0.1, 0.15) is 12.5 Å². The molecule has 0 saturated carbocycles. The van der Waals surface area contributed by atoms with Gasteiger partial charge >= 0.3 is 5.97 Å². The monoisotopic (exact) mass is 328 g/mol. The van der Waals surface area contributed by atoms with Crippen LogP contribution in [0.25, 0.3) is 6.08 Å². The molecule has 126 valence electrons. The predicted octanol–water partition coefficient (Wildman–Crippen LogP) is 3.72. The summed E-state index contributed by atoms with van der Waals surface area (Å²) in [6.45, 7) is 1.78. The maximum absolute atomic E-state index is 11.0. The summed E-state index contributed by atoms with van der Waals surface area (Å²) >= 11 is 0. The zero-order valence-corrected chi connectivity index (χ0v) is 13.9. The first-order valence-corrected chi connectivity index (χ1v) is 7.42. The number of hydrogen-bond donors (Lipinski definition) is 0. The Bertz CT molecular complexity index is 704. The Morgan fingerprint density at radius 1 is 0.958 bits per heavy atom. The smallest absolute Gasteiger partial charge is 0.308 e. The third-order valence-electron chi connectivity index (χ3n) is 3.16. The SMILES string of the molecule is COc1ccc(OC/C=C/c2ccc(OC(C)=O)c(OC)c2)cc1. The predicted molar refractivity (Wildman–Crippen MR) is 91.8 cm³/mol. The summed E-state index contributed by atoms with van der Waals surface area (Å²) in [5.74, 6) is 2.07. The van der Waals surface area contributed by atoms with Crippen molar-refractivity contribution in [3.8, 4) is 23.0 Å². The molecule has 0 bridgehead atoms. The van der Waals surface area contributed by atoms with Gasteiger partial charge in [0, 0.05) is 6.92 Å². The van der Waals surface area contributed by atoms with Crippen molar-refractivity contribution in [3.63, 3.8) is 0 Å². The lowest BCUT2D eigenvalue weighted by Gasteiger charge is -2.08. The Hall–Kier alpha value is -2.95. The third kappa shape index (κ3) is 5.05. The van der Waals surface area contributed by atoms with E-state index in [-0.39, 0.29) is 5.97 Å². The highest BCUT2D eigenvalue weighted by atomic mass is 16.6. The molecule has 24 heavy (non-hydrogen) atoms. The van der Waals surface area contributed by atoms with E-state index in [1.807, 2.05) is 42.5 Å². The van der Waals surface area contributed by atoms with E-state index in [0.29, 0.717) is 18.1 Å². The molecule has 0 aliphatic rings. The van der Waals surface area contributed by atoms with Crippen molar-refractivity contribution in [2.45, 2.75) is 6.92 Å².